The second-order valence-corrected chi connectivity index (χ2v) is 10.0. The van der Waals surface area contributed by atoms with E-state index in [4.69, 9.17) is 16.3 Å². The third-order valence-electron chi connectivity index (χ3n) is 5.26. The summed E-state index contributed by atoms with van der Waals surface area (Å²) in [5.74, 6) is 0.435. The van der Waals surface area contributed by atoms with Crippen molar-refractivity contribution >= 4 is 27.5 Å². The summed E-state index contributed by atoms with van der Waals surface area (Å²) in [5.41, 5.74) is 1.91. The van der Waals surface area contributed by atoms with Crippen LogP contribution in [0, 0.1) is 0 Å². The van der Waals surface area contributed by atoms with E-state index in [2.05, 4.69) is 0 Å². The molecule has 0 radical (unpaired) electrons. The van der Waals surface area contributed by atoms with Gasteiger partial charge >= 0.3 is 0 Å². The summed E-state index contributed by atoms with van der Waals surface area (Å²) < 4.78 is 33.1. The van der Waals surface area contributed by atoms with E-state index < -0.39 is 10.0 Å². The molecule has 3 rings (SSSR count). The van der Waals surface area contributed by atoms with E-state index in [0.717, 1.165) is 16.9 Å². The first-order valence-electron chi connectivity index (χ1n) is 10.5. The molecule has 3 aromatic carbocycles. The Bertz CT molecular complexity index is 1150. The van der Waals surface area contributed by atoms with Crippen molar-refractivity contribution in [2.45, 2.75) is 17.9 Å². The van der Waals surface area contributed by atoms with E-state index in [1.165, 1.54) is 33.5 Å². The van der Waals surface area contributed by atoms with E-state index >= 15 is 0 Å². The van der Waals surface area contributed by atoms with Gasteiger partial charge in [-0.3, -0.25) is 4.79 Å². The van der Waals surface area contributed by atoms with E-state index in [-0.39, 0.29) is 23.9 Å². The summed E-state index contributed by atoms with van der Waals surface area (Å²) >= 11 is 5.93. The van der Waals surface area contributed by atoms with E-state index in [0.29, 0.717) is 18.0 Å². The van der Waals surface area contributed by atoms with Crippen molar-refractivity contribution < 1.29 is 17.9 Å². The van der Waals surface area contributed by atoms with Crippen molar-refractivity contribution in [2.24, 2.45) is 0 Å². The first-order chi connectivity index (χ1) is 15.8. The van der Waals surface area contributed by atoms with Gasteiger partial charge in [0, 0.05) is 25.2 Å². The van der Waals surface area contributed by atoms with Gasteiger partial charge in [-0.1, -0.05) is 54.1 Å². The number of hydrogen-bond acceptors (Lipinski definition) is 4. The first kappa shape index (κ1) is 24.8. The summed E-state index contributed by atoms with van der Waals surface area (Å²) in [6.07, 6.45) is 0.489. The third kappa shape index (κ3) is 6.81. The predicted octanol–water partition coefficient (Wildman–Crippen LogP) is 4.24. The molecule has 0 aliphatic heterocycles. The van der Waals surface area contributed by atoms with Gasteiger partial charge in [-0.2, -0.15) is 4.31 Å². The maximum atomic E-state index is 13.4. The second-order valence-electron chi connectivity index (χ2n) is 7.63. The highest BCUT2D eigenvalue weighted by Gasteiger charge is 2.27. The molecule has 3 aromatic rings. The van der Waals surface area contributed by atoms with Gasteiger partial charge in [0.2, 0.25) is 15.9 Å². The topological polar surface area (TPSA) is 66.9 Å². The Morgan fingerprint density at radius 2 is 1.55 bits per heavy atom. The molecule has 0 heterocycles. The van der Waals surface area contributed by atoms with Crippen LogP contribution in [0.1, 0.15) is 11.1 Å². The van der Waals surface area contributed by atoms with Crippen LogP contribution in [0.4, 0.5) is 0 Å². The zero-order chi connectivity index (χ0) is 23.8. The molecule has 174 valence electrons. The van der Waals surface area contributed by atoms with Crippen molar-refractivity contribution in [1.29, 1.82) is 0 Å². The molecular formula is C25H27ClN2O4S. The highest BCUT2D eigenvalue weighted by atomic mass is 35.5. The molecule has 0 atom stereocenters. The normalized spacial score (nSPS) is 11.4. The number of hydrogen-bond donors (Lipinski definition) is 0. The van der Waals surface area contributed by atoms with Gasteiger partial charge in [-0.05, 0) is 53.9 Å². The second kappa shape index (κ2) is 11.3. The predicted molar refractivity (Wildman–Crippen MR) is 130 cm³/mol. The highest BCUT2D eigenvalue weighted by Crippen LogP contribution is 2.20. The third-order valence-corrected chi connectivity index (χ3v) is 7.37. The number of ether oxygens (including phenoxy) is 1. The first-order valence-corrected chi connectivity index (χ1v) is 12.3. The van der Waals surface area contributed by atoms with Gasteiger partial charge in [-0.15, -0.1) is 0 Å². The van der Waals surface area contributed by atoms with Crippen LogP contribution in [0.25, 0.3) is 0 Å². The van der Waals surface area contributed by atoms with Crippen molar-refractivity contribution in [3.63, 3.8) is 0 Å². The van der Waals surface area contributed by atoms with Crippen LogP contribution >= 0.6 is 11.6 Å². The van der Waals surface area contributed by atoms with Gasteiger partial charge in [0.05, 0.1) is 18.6 Å². The lowest BCUT2D eigenvalue weighted by Crippen LogP contribution is -2.42. The van der Waals surface area contributed by atoms with Gasteiger partial charge in [0.15, 0.2) is 0 Å². The van der Waals surface area contributed by atoms with Gasteiger partial charge < -0.3 is 9.64 Å². The average molecular weight is 487 g/mol. The lowest BCUT2D eigenvalue weighted by molar-refractivity contribution is -0.130. The highest BCUT2D eigenvalue weighted by molar-refractivity contribution is 7.89. The van der Waals surface area contributed by atoms with Gasteiger partial charge in [-0.25, -0.2) is 8.42 Å². The lowest BCUT2D eigenvalue weighted by atomic mass is 10.1. The van der Waals surface area contributed by atoms with Crippen molar-refractivity contribution in [3.05, 3.63) is 95.0 Å². The number of sulfonamides is 1. The van der Waals surface area contributed by atoms with Crippen LogP contribution in [0.2, 0.25) is 5.02 Å². The monoisotopic (exact) mass is 486 g/mol. The number of methoxy groups -OCH3 is 1. The molecule has 0 aliphatic carbocycles. The Morgan fingerprint density at radius 3 is 2.15 bits per heavy atom. The van der Waals surface area contributed by atoms with E-state index in [9.17, 15) is 13.2 Å². The largest absolute Gasteiger partial charge is 0.497 e. The fourth-order valence-corrected chi connectivity index (χ4v) is 4.82. The maximum absolute atomic E-state index is 13.4. The van der Waals surface area contributed by atoms with Gasteiger partial charge in [0.25, 0.3) is 0 Å². The van der Waals surface area contributed by atoms with Crippen molar-refractivity contribution in [2.75, 3.05) is 27.2 Å². The summed E-state index contributed by atoms with van der Waals surface area (Å²) in [6.45, 7) is 0.276. The zero-order valence-electron chi connectivity index (χ0n) is 18.6. The minimum atomic E-state index is -3.89. The minimum Gasteiger partial charge on any atom is -0.497 e. The molecule has 0 unspecified atom stereocenters. The number of benzene rings is 3. The SMILES string of the molecule is COc1ccc(CN(C)C(=O)CN(CCc2ccccc2)S(=O)(=O)c2ccc(Cl)cc2)cc1. The molecule has 0 aliphatic rings. The van der Waals surface area contributed by atoms with Crippen LogP contribution in [-0.2, 0) is 27.8 Å². The van der Waals surface area contributed by atoms with Crippen molar-refractivity contribution in [3.8, 4) is 5.75 Å². The van der Waals surface area contributed by atoms with E-state index in [1.807, 2.05) is 54.6 Å². The van der Waals surface area contributed by atoms with Crippen LogP contribution in [0.5, 0.6) is 5.75 Å². The summed E-state index contributed by atoms with van der Waals surface area (Å²) in [5, 5.41) is 0.445. The Balaban J connectivity index is 1.77. The van der Waals surface area contributed by atoms with E-state index in [1.54, 1.807) is 14.2 Å². The Labute approximate surface area is 200 Å². The molecule has 0 spiro atoms. The summed E-state index contributed by atoms with van der Waals surface area (Å²) in [6, 6.07) is 23.0. The standard InChI is InChI=1S/C25H27ClN2O4S/c1-27(18-21-8-12-23(32-2)13-9-21)25(29)19-28(17-16-20-6-4-3-5-7-20)33(30,31)24-14-10-22(26)11-15-24/h3-15H,16-19H2,1-2H3. The molecule has 0 aromatic heterocycles. The number of carbonyl (C=O) groups is 1. The smallest absolute Gasteiger partial charge is 0.243 e. The molecule has 8 heteroatoms. The number of rotatable bonds is 10. The Morgan fingerprint density at radius 1 is 0.909 bits per heavy atom. The van der Waals surface area contributed by atoms with Crippen LogP contribution in [0.3, 0.4) is 0 Å². The molecular weight excluding hydrogens is 460 g/mol. The zero-order valence-corrected chi connectivity index (χ0v) is 20.2. The molecule has 33 heavy (non-hydrogen) atoms. The number of amides is 1. The molecule has 1 amide bonds. The molecule has 6 nitrogen and oxygen atoms in total. The summed E-state index contributed by atoms with van der Waals surface area (Å²) in [7, 11) is -0.631. The Hall–Kier alpha value is -2.87. The molecule has 0 bridgehead atoms. The van der Waals surface area contributed by atoms with Crippen LogP contribution < -0.4 is 4.74 Å². The van der Waals surface area contributed by atoms with Crippen molar-refractivity contribution in [1.82, 2.24) is 9.21 Å². The molecule has 0 saturated heterocycles. The minimum absolute atomic E-state index is 0.102. The van der Waals surface area contributed by atoms with Crippen LogP contribution in [0.15, 0.2) is 83.8 Å². The number of likely N-dealkylation sites (N-methyl/N-ethyl adjacent to an activating group) is 1. The molecule has 0 N–H and O–H groups in total. The average Bonchev–Trinajstić information content (AvgIpc) is 2.82. The number of carbonyl (C=O) groups excluding carboxylic acids is 1. The number of halogens is 1. The lowest BCUT2D eigenvalue weighted by Gasteiger charge is -2.25. The quantitative estimate of drug-likeness (QED) is 0.430. The fourth-order valence-electron chi connectivity index (χ4n) is 3.30. The summed E-state index contributed by atoms with van der Waals surface area (Å²) in [4.78, 5) is 14.6. The Kier molecular flexibility index (Phi) is 8.49. The molecule has 0 saturated carbocycles. The van der Waals surface area contributed by atoms with Crippen LogP contribution in [-0.4, -0.2) is 50.8 Å². The van der Waals surface area contributed by atoms with Gasteiger partial charge in [0.1, 0.15) is 5.75 Å². The molecule has 0 fully saturated rings. The fraction of sp³-hybridized carbons (Fsp3) is 0.240. The number of nitrogens with zero attached hydrogens (tertiary/aromatic N) is 2. The maximum Gasteiger partial charge on any atom is 0.243 e.